The fraction of sp³-hybridized carbons (Fsp3) is 0.500. The van der Waals surface area contributed by atoms with Crippen molar-refractivity contribution in [2.45, 2.75) is 42.2 Å². The molecule has 0 amide bonds. The first-order valence-corrected chi connectivity index (χ1v) is 12.1. The largest absolute Gasteiger partial charge is 0.382 e. The highest BCUT2D eigenvalue weighted by Crippen LogP contribution is 2.43. The monoisotopic (exact) mass is 462 g/mol. The van der Waals surface area contributed by atoms with Crippen molar-refractivity contribution in [1.29, 1.82) is 0 Å². The van der Waals surface area contributed by atoms with E-state index in [2.05, 4.69) is 19.9 Å². The van der Waals surface area contributed by atoms with Gasteiger partial charge >= 0.3 is 0 Å². The van der Waals surface area contributed by atoms with Crippen LogP contribution in [-0.2, 0) is 10.0 Å². The van der Waals surface area contributed by atoms with Gasteiger partial charge in [0.15, 0.2) is 5.13 Å². The normalized spacial score (nSPS) is 24.6. The van der Waals surface area contributed by atoms with Gasteiger partial charge in [0.1, 0.15) is 17.4 Å². The fourth-order valence-corrected chi connectivity index (χ4v) is 6.57. The lowest BCUT2D eigenvalue weighted by atomic mass is 9.94. The number of benzene rings is 1. The van der Waals surface area contributed by atoms with Crippen LogP contribution in [0.25, 0.3) is 0 Å². The highest BCUT2D eigenvalue weighted by atomic mass is 35.5. The summed E-state index contributed by atoms with van der Waals surface area (Å²) in [4.78, 5) is 5.51. The molecule has 2 aromatic rings. The van der Waals surface area contributed by atoms with E-state index >= 15 is 0 Å². The summed E-state index contributed by atoms with van der Waals surface area (Å²) in [5, 5.41) is 5.02. The Morgan fingerprint density at radius 1 is 1.38 bits per heavy atom. The van der Waals surface area contributed by atoms with E-state index in [1.165, 1.54) is 6.20 Å². The average Bonchev–Trinajstić information content (AvgIpc) is 3.38. The van der Waals surface area contributed by atoms with Crippen LogP contribution in [0.3, 0.4) is 0 Å². The van der Waals surface area contributed by atoms with Gasteiger partial charge in [0.2, 0.25) is 0 Å². The Morgan fingerprint density at radius 3 is 2.93 bits per heavy atom. The van der Waals surface area contributed by atoms with Crippen LogP contribution in [0.4, 0.5) is 19.6 Å². The lowest BCUT2D eigenvalue weighted by Gasteiger charge is -2.35. The van der Waals surface area contributed by atoms with E-state index in [1.807, 2.05) is 0 Å². The second-order valence-corrected chi connectivity index (χ2v) is 10.4. The number of hydrogen-bond donors (Lipinski definition) is 2. The van der Waals surface area contributed by atoms with Gasteiger partial charge in [-0.05, 0) is 44.4 Å². The van der Waals surface area contributed by atoms with Crippen LogP contribution in [0, 0.1) is 5.82 Å². The van der Waals surface area contributed by atoms with Gasteiger partial charge in [0.05, 0.1) is 10.7 Å². The molecule has 3 heterocycles. The van der Waals surface area contributed by atoms with Crippen molar-refractivity contribution >= 4 is 43.8 Å². The number of sulfonamides is 1. The maximum atomic E-state index is 14.6. The maximum Gasteiger partial charge on any atom is 0.266 e. The molecule has 0 spiro atoms. The standard InChI is InChI=1S/C18H21ClF2N4O2S2/c19-13-8-16(29(26,27)24-17-22-5-7-28-17)14(21)9-15(13)23-11-18-3-1-6-25(18)12(10-20)2-4-18/h5,7-9,12,23H,1-4,6,10-11H2,(H,22,24)/t12-,18+/m0/s1. The molecule has 11 heteroatoms. The van der Waals surface area contributed by atoms with E-state index < -0.39 is 20.7 Å². The summed E-state index contributed by atoms with van der Waals surface area (Å²) in [5.41, 5.74) is 0.163. The second kappa shape index (κ2) is 7.98. The molecule has 2 saturated heterocycles. The third-order valence-corrected chi connectivity index (χ3v) is 8.27. The molecule has 2 aliphatic rings. The molecule has 2 N–H and O–H groups in total. The van der Waals surface area contributed by atoms with E-state index in [9.17, 15) is 17.2 Å². The van der Waals surface area contributed by atoms with Crippen LogP contribution in [0.5, 0.6) is 0 Å². The van der Waals surface area contributed by atoms with E-state index in [-0.39, 0.29) is 28.4 Å². The first-order chi connectivity index (χ1) is 13.8. The molecule has 4 rings (SSSR count). The molecule has 2 atom stereocenters. The molecule has 6 nitrogen and oxygen atoms in total. The van der Waals surface area contributed by atoms with Crippen molar-refractivity contribution in [2.75, 3.05) is 29.8 Å². The highest BCUT2D eigenvalue weighted by molar-refractivity contribution is 7.93. The molecule has 29 heavy (non-hydrogen) atoms. The number of aromatic nitrogens is 1. The zero-order valence-corrected chi connectivity index (χ0v) is 17.9. The van der Waals surface area contributed by atoms with Gasteiger partial charge in [-0.2, -0.15) is 0 Å². The van der Waals surface area contributed by atoms with Gasteiger partial charge in [-0.15, -0.1) is 11.3 Å². The topological polar surface area (TPSA) is 74.3 Å². The number of fused-ring (bicyclic) bond motifs is 1. The summed E-state index contributed by atoms with van der Waals surface area (Å²) in [6, 6.07) is 2.13. The minimum absolute atomic E-state index is 0.0593. The summed E-state index contributed by atoms with van der Waals surface area (Å²) < 4.78 is 55.1. The Morgan fingerprint density at radius 2 is 2.21 bits per heavy atom. The number of hydrogen-bond acceptors (Lipinski definition) is 6. The molecular formula is C18H21ClF2N4O2S2. The third kappa shape index (κ3) is 3.95. The molecule has 1 aromatic heterocycles. The molecule has 0 aliphatic carbocycles. The Hall–Kier alpha value is -1.49. The number of thiazole rings is 1. The highest BCUT2D eigenvalue weighted by Gasteiger charge is 2.48. The van der Waals surface area contributed by atoms with E-state index in [4.69, 9.17) is 11.6 Å². The van der Waals surface area contributed by atoms with Gasteiger partial charge in [0.25, 0.3) is 10.0 Å². The molecular weight excluding hydrogens is 442 g/mol. The SMILES string of the molecule is O=S(=O)(Nc1nccs1)c1cc(Cl)c(NC[C@]23CCCN2[C@H](CF)CC3)cc1F. The number of alkyl halides is 1. The summed E-state index contributed by atoms with van der Waals surface area (Å²) in [6.45, 7) is 1.000. The summed E-state index contributed by atoms with van der Waals surface area (Å²) >= 11 is 7.35. The quantitative estimate of drug-likeness (QED) is 0.647. The van der Waals surface area contributed by atoms with Gasteiger partial charge in [-0.1, -0.05) is 11.6 Å². The van der Waals surface area contributed by atoms with Crippen LogP contribution in [-0.4, -0.2) is 49.6 Å². The summed E-state index contributed by atoms with van der Waals surface area (Å²) in [6.07, 6.45) is 5.07. The Kier molecular flexibility index (Phi) is 5.71. The zero-order chi connectivity index (χ0) is 20.6. The third-order valence-electron chi connectivity index (χ3n) is 5.79. The van der Waals surface area contributed by atoms with Gasteiger partial charge in [0, 0.05) is 29.7 Å². The summed E-state index contributed by atoms with van der Waals surface area (Å²) in [5.74, 6) is -0.908. The van der Waals surface area contributed by atoms with Crippen LogP contribution in [0.2, 0.25) is 5.02 Å². The van der Waals surface area contributed by atoms with Gasteiger partial charge < -0.3 is 5.32 Å². The Labute approximate surface area is 177 Å². The number of nitrogens with zero attached hydrogens (tertiary/aromatic N) is 2. The second-order valence-electron chi connectivity index (χ2n) is 7.43. The van der Waals surface area contributed by atoms with Crippen molar-refractivity contribution in [3.05, 3.63) is 34.5 Å². The fourth-order valence-electron chi connectivity index (χ4n) is 4.40. The van der Waals surface area contributed by atoms with Crippen molar-refractivity contribution < 1.29 is 17.2 Å². The minimum atomic E-state index is -4.15. The molecule has 2 aliphatic heterocycles. The molecule has 1 aromatic carbocycles. The average molecular weight is 463 g/mol. The molecule has 2 fully saturated rings. The van der Waals surface area contributed by atoms with Crippen molar-refractivity contribution in [2.24, 2.45) is 0 Å². The maximum absolute atomic E-state index is 14.6. The van der Waals surface area contributed by atoms with Crippen LogP contribution in [0.1, 0.15) is 25.7 Å². The van der Waals surface area contributed by atoms with Crippen LogP contribution >= 0.6 is 22.9 Å². The Bertz CT molecular complexity index is 990. The van der Waals surface area contributed by atoms with Crippen molar-refractivity contribution in [1.82, 2.24) is 9.88 Å². The first kappa shape index (κ1) is 20.8. The smallest absolute Gasteiger partial charge is 0.266 e. The molecule has 0 unspecified atom stereocenters. The van der Waals surface area contributed by atoms with Gasteiger partial charge in [-0.3, -0.25) is 9.62 Å². The number of nitrogens with one attached hydrogen (secondary N) is 2. The molecule has 0 saturated carbocycles. The zero-order valence-electron chi connectivity index (χ0n) is 15.5. The number of rotatable bonds is 7. The summed E-state index contributed by atoms with van der Waals surface area (Å²) in [7, 11) is -4.15. The lowest BCUT2D eigenvalue weighted by molar-refractivity contribution is 0.142. The van der Waals surface area contributed by atoms with Crippen molar-refractivity contribution in [3.63, 3.8) is 0 Å². The number of halogens is 3. The molecule has 0 radical (unpaired) electrons. The first-order valence-electron chi connectivity index (χ1n) is 9.33. The predicted octanol–water partition coefficient (Wildman–Crippen LogP) is 4.11. The molecule has 0 bridgehead atoms. The van der Waals surface area contributed by atoms with Crippen molar-refractivity contribution in [3.8, 4) is 0 Å². The van der Waals surface area contributed by atoms with E-state index in [0.717, 1.165) is 55.7 Å². The van der Waals surface area contributed by atoms with Crippen LogP contribution in [0.15, 0.2) is 28.6 Å². The van der Waals surface area contributed by atoms with E-state index in [1.54, 1.807) is 5.38 Å². The van der Waals surface area contributed by atoms with Crippen LogP contribution < -0.4 is 10.0 Å². The predicted molar refractivity (Wildman–Crippen MR) is 110 cm³/mol. The lowest BCUT2D eigenvalue weighted by Crippen LogP contribution is -2.47. The van der Waals surface area contributed by atoms with Gasteiger partial charge in [-0.25, -0.2) is 22.2 Å². The minimum Gasteiger partial charge on any atom is -0.382 e. The van der Waals surface area contributed by atoms with E-state index in [0.29, 0.717) is 12.2 Å². The number of anilines is 2. The Balaban J connectivity index is 1.52. The molecule has 158 valence electrons.